The van der Waals surface area contributed by atoms with Crippen LogP contribution >= 0.6 is 0 Å². The van der Waals surface area contributed by atoms with Gasteiger partial charge in [-0.3, -0.25) is 9.88 Å². The number of benzene rings is 1. The molecule has 0 unspecified atom stereocenters. The first kappa shape index (κ1) is 15.0. The minimum absolute atomic E-state index is 0.214. The van der Waals surface area contributed by atoms with Gasteiger partial charge < -0.3 is 0 Å². The fourth-order valence-electron chi connectivity index (χ4n) is 2.87. The Labute approximate surface area is 127 Å². The summed E-state index contributed by atoms with van der Waals surface area (Å²) in [5.41, 5.74) is 1.32. The highest BCUT2D eigenvalue weighted by Crippen LogP contribution is 2.31. The van der Waals surface area contributed by atoms with Gasteiger partial charge in [0, 0.05) is 30.9 Å². The lowest BCUT2D eigenvalue weighted by Gasteiger charge is -2.16. The van der Waals surface area contributed by atoms with Crippen LogP contribution in [0.15, 0.2) is 48.7 Å². The third-order valence-corrected chi connectivity index (χ3v) is 4.05. The van der Waals surface area contributed by atoms with E-state index in [0.717, 1.165) is 44.0 Å². The summed E-state index contributed by atoms with van der Waals surface area (Å²) >= 11 is 0. The molecule has 2 heterocycles. The van der Waals surface area contributed by atoms with Crippen molar-refractivity contribution in [3.8, 4) is 0 Å². The summed E-state index contributed by atoms with van der Waals surface area (Å²) in [6.07, 6.45) is -2.44. The number of aromatic nitrogens is 1. The van der Waals surface area contributed by atoms with Gasteiger partial charge in [0.25, 0.3) is 0 Å². The quantitative estimate of drug-likeness (QED) is 0.849. The zero-order valence-corrected chi connectivity index (χ0v) is 12.1. The molecule has 0 amide bonds. The van der Waals surface area contributed by atoms with Gasteiger partial charge >= 0.3 is 6.18 Å². The fraction of sp³-hybridized carbons (Fsp3) is 0.353. The van der Waals surface area contributed by atoms with E-state index in [1.165, 1.54) is 11.6 Å². The summed E-state index contributed by atoms with van der Waals surface area (Å²) in [6, 6.07) is 12.8. The van der Waals surface area contributed by atoms with Crippen molar-refractivity contribution in [2.24, 2.45) is 0 Å². The van der Waals surface area contributed by atoms with Gasteiger partial charge in [0.2, 0.25) is 0 Å². The van der Waals surface area contributed by atoms with E-state index >= 15 is 0 Å². The van der Waals surface area contributed by atoms with Gasteiger partial charge in [-0.15, -0.1) is 0 Å². The van der Waals surface area contributed by atoms with E-state index in [2.05, 4.69) is 22.0 Å². The van der Waals surface area contributed by atoms with Gasteiger partial charge in [-0.05, 0) is 30.7 Å². The maximum absolute atomic E-state index is 12.6. The molecule has 0 saturated carbocycles. The van der Waals surface area contributed by atoms with Crippen LogP contribution in [0.1, 0.15) is 29.2 Å². The van der Waals surface area contributed by atoms with E-state index in [4.69, 9.17) is 0 Å². The van der Waals surface area contributed by atoms with Crippen LogP contribution in [-0.4, -0.2) is 23.0 Å². The molecule has 1 aromatic carbocycles. The van der Waals surface area contributed by atoms with E-state index in [1.54, 1.807) is 0 Å². The van der Waals surface area contributed by atoms with Gasteiger partial charge in [-0.25, -0.2) is 0 Å². The highest BCUT2D eigenvalue weighted by molar-refractivity contribution is 5.21. The van der Waals surface area contributed by atoms with E-state index in [1.807, 2.05) is 18.2 Å². The maximum atomic E-state index is 12.6. The highest BCUT2D eigenvalue weighted by atomic mass is 19.4. The first-order chi connectivity index (χ1) is 10.5. The SMILES string of the molecule is FC(F)(F)c1ccc([C@@H]2CCN(Cc3ccccc3)C2)nc1. The summed E-state index contributed by atoms with van der Waals surface area (Å²) in [4.78, 5) is 6.34. The van der Waals surface area contributed by atoms with Crippen molar-refractivity contribution in [3.63, 3.8) is 0 Å². The zero-order valence-electron chi connectivity index (χ0n) is 12.1. The molecule has 0 spiro atoms. The van der Waals surface area contributed by atoms with Crippen molar-refractivity contribution in [2.45, 2.75) is 25.1 Å². The van der Waals surface area contributed by atoms with Crippen LogP contribution in [0.4, 0.5) is 13.2 Å². The van der Waals surface area contributed by atoms with Crippen LogP contribution in [0, 0.1) is 0 Å². The Bertz CT molecular complexity index is 608. The fourth-order valence-corrected chi connectivity index (χ4v) is 2.87. The second-order valence-electron chi connectivity index (χ2n) is 5.68. The van der Waals surface area contributed by atoms with Gasteiger partial charge in [-0.1, -0.05) is 30.3 Å². The van der Waals surface area contributed by atoms with Crippen molar-refractivity contribution >= 4 is 0 Å². The normalized spacial score (nSPS) is 19.5. The third-order valence-electron chi connectivity index (χ3n) is 4.05. The first-order valence-corrected chi connectivity index (χ1v) is 7.32. The number of hydrogen-bond donors (Lipinski definition) is 0. The number of halogens is 3. The second-order valence-corrected chi connectivity index (χ2v) is 5.68. The Morgan fingerprint density at radius 1 is 1.09 bits per heavy atom. The molecular weight excluding hydrogens is 289 g/mol. The lowest BCUT2D eigenvalue weighted by Crippen LogP contribution is -2.19. The summed E-state index contributed by atoms with van der Waals surface area (Å²) in [6.45, 7) is 2.66. The van der Waals surface area contributed by atoms with Crippen LogP contribution in [0.25, 0.3) is 0 Å². The Balaban J connectivity index is 1.63. The Morgan fingerprint density at radius 3 is 2.50 bits per heavy atom. The predicted octanol–water partition coefficient (Wildman–Crippen LogP) is 4.09. The summed E-state index contributed by atoms with van der Waals surface area (Å²) < 4.78 is 37.7. The van der Waals surface area contributed by atoms with Crippen molar-refractivity contribution in [1.82, 2.24) is 9.88 Å². The summed E-state index contributed by atoms with van der Waals surface area (Å²) in [5.74, 6) is 0.214. The van der Waals surface area contributed by atoms with Crippen molar-refractivity contribution < 1.29 is 13.2 Å². The molecule has 5 heteroatoms. The molecule has 1 fully saturated rings. The van der Waals surface area contributed by atoms with E-state index < -0.39 is 11.7 Å². The minimum Gasteiger partial charge on any atom is -0.298 e. The summed E-state index contributed by atoms with van der Waals surface area (Å²) in [5, 5.41) is 0. The molecular formula is C17H17F3N2. The average molecular weight is 306 g/mol. The maximum Gasteiger partial charge on any atom is 0.417 e. The number of rotatable bonds is 3. The van der Waals surface area contributed by atoms with Gasteiger partial charge in [-0.2, -0.15) is 13.2 Å². The molecule has 1 atom stereocenters. The second kappa shape index (κ2) is 6.08. The topological polar surface area (TPSA) is 16.1 Å². The van der Waals surface area contributed by atoms with Crippen molar-refractivity contribution in [1.29, 1.82) is 0 Å². The zero-order chi connectivity index (χ0) is 15.6. The monoisotopic (exact) mass is 306 g/mol. The third kappa shape index (κ3) is 3.47. The Morgan fingerprint density at radius 2 is 1.86 bits per heavy atom. The van der Waals surface area contributed by atoms with Crippen LogP contribution < -0.4 is 0 Å². The average Bonchev–Trinajstić information content (AvgIpc) is 2.96. The molecule has 0 N–H and O–H groups in total. The lowest BCUT2D eigenvalue weighted by molar-refractivity contribution is -0.137. The number of nitrogens with zero attached hydrogens (tertiary/aromatic N) is 2. The molecule has 0 radical (unpaired) electrons. The largest absolute Gasteiger partial charge is 0.417 e. The highest BCUT2D eigenvalue weighted by Gasteiger charge is 2.31. The van der Waals surface area contributed by atoms with Crippen LogP contribution in [0.3, 0.4) is 0 Å². The molecule has 2 aromatic rings. The van der Waals surface area contributed by atoms with E-state index in [-0.39, 0.29) is 5.92 Å². The van der Waals surface area contributed by atoms with Crippen molar-refractivity contribution in [3.05, 3.63) is 65.5 Å². The minimum atomic E-state index is -4.32. The summed E-state index contributed by atoms with van der Waals surface area (Å²) in [7, 11) is 0. The number of likely N-dealkylation sites (tertiary alicyclic amines) is 1. The molecule has 116 valence electrons. The molecule has 1 saturated heterocycles. The smallest absolute Gasteiger partial charge is 0.298 e. The number of hydrogen-bond acceptors (Lipinski definition) is 2. The van der Waals surface area contributed by atoms with E-state index in [0.29, 0.717) is 0 Å². The lowest BCUT2D eigenvalue weighted by atomic mass is 10.0. The van der Waals surface area contributed by atoms with Crippen molar-refractivity contribution in [2.75, 3.05) is 13.1 Å². The Kier molecular flexibility index (Phi) is 4.16. The number of alkyl halides is 3. The van der Waals surface area contributed by atoms with E-state index in [9.17, 15) is 13.2 Å². The standard InChI is InChI=1S/C17H17F3N2/c18-17(19,20)15-6-7-16(21-10-15)14-8-9-22(12-14)11-13-4-2-1-3-5-13/h1-7,10,14H,8-9,11-12H2/t14-/m1/s1. The van der Waals surface area contributed by atoms with Crippen LogP contribution in [0.2, 0.25) is 0 Å². The molecule has 1 aromatic heterocycles. The molecule has 0 aliphatic carbocycles. The molecule has 2 nitrogen and oxygen atoms in total. The Hall–Kier alpha value is -1.88. The van der Waals surface area contributed by atoms with Gasteiger partial charge in [0.15, 0.2) is 0 Å². The molecule has 1 aliphatic rings. The predicted molar refractivity (Wildman–Crippen MR) is 78.3 cm³/mol. The first-order valence-electron chi connectivity index (χ1n) is 7.32. The van der Waals surface area contributed by atoms with Crippen LogP contribution in [0.5, 0.6) is 0 Å². The molecule has 1 aliphatic heterocycles. The molecule has 3 rings (SSSR count). The molecule has 0 bridgehead atoms. The van der Waals surface area contributed by atoms with Gasteiger partial charge in [0.1, 0.15) is 0 Å². The van der Waals surface area contributed by atoms with Crippen LogP contribution in [-0.2, 0) is 12.7 Å². The molecule has 22 heavy (non-hydrogen) atoms. The number of pyridine rings is 1. The van der Waals surface area contributed by atoms with Gasteiger partial charge in [0.05, 0.1) is 5.56 Å².